The predicted molar refractivity (Wildman–Crippen MR) is 151 cm³/mol. The molecule has 0 aromatic rings. The molecular formula is C29H44O16. The minimum atomic E-state index is -1.57. The first-order valence-electron chi connectivity index (χ1n) is 14.7. The fourth-order valence-corrected chi connectivity index (χ4v) is 3.66. The highest BCUT2D eigenvalue weighted by Crippen LogP contribution is 2.23. The van der Waals surface area contributed by atoms with E-state index in [2.05, 4.69) is 0 Å². The Morgan fingerprint density at radius 1 is 0.333 bits per heavy atom. The van der Waals surface area contributed by atoms with Crippen LogP contribution in [-0.4, -0.2) is 94.6 Å². The van der Waals surface area contributed by atoms with Crippen LogP contribution >= 0.6 is 0 Å². The molecule has 0 fully saturated rings. The van der Waals surface area contributed by atoms with E-state index in [1.165, 1.54) is 0 Å². The Morgan fingerprint density at radius 3 is 0.689 bits per heavy atom. The molecule has 4 N–H and O–H groups in total. The van der Waals surface area contributed by atoms with Crippen molar-refractivity contribution in [1.82, 2.24) is 0 Å². The Morgan fingerprint density at radius 2 is 0.511 bits per heavy atom. The van der Waals surface area contributed by atoms with Gasteiger partial charge in [0.1, 0.15) is 31.8 Å². The Bertz CT molecular complexity index is 831. The second kappa shape index (κ2) is 24.1. The van der Waals surface area contributed by atoms with Gasteiger partial charge in [-0.25, -0.2) is 0 Å². The highest BCUT2D eigenvalue weighted by molar-refractivity contribution is 5.72. The second-order valence-corrected chi connectivity index (χ2v) is 10.5. The van der Waals surface area contributed by atoms with E-state index >= 15 is 0 Å². The second-order valence-electron chi connectivity index (χ2n) is 10.5. The van der Waals surface area contributed by atoms with Crippen LogP contribution < -0.4 is 0 Å². The van der Waals surface area contributed by atoms with E-state index in [0.717, 1.165) is 0 Å². The molecule has 0 rings (SSSR count). The van der Waals surface area contributed by atoms with Crippen LogP contribution in [0.15, 0.2) is 0 Å². The van der Waals surface area contributed by atoms with Crippen LogP contribution in [0.3, 0.4) is 0 Å². The normalized spacial score (nSPS) is 10.8. The summed E-state index contributed by atoms with van der Waals surface area (Å²) in [7, 11) is 0. The van der Waals surface area contributed by atoms with Crippen molar-refractivity contribution in [1.29, 1.82) is 0 Å². The summed E-state index contributed by atoms with van der Waals surface area (Å²) >= 11 is 0. The number of carbonyl (C=O) groups excluding carboxylic acids is 4. The maximum atomic E-state index is 12.4. The topological polar surface area (TPSA) is 254 Å². The summed E-state index contributed by atoms with van der Waals surface area (Å²) in [4.78, 5) is 92.4. The predicted octanol–water partition coefficient (Wildman–Crippen LogP) is 2.73. The van der Waals surface area contributed by atoms with Gasteiger partial charge in [-0.05, 0) is 51.4 Å². The zero-order valence-corrected chi connectivity index (χ0v) is 25.3. The molecule has 0 amide bonds. The van der Waals surface area contributed by atoms with Crippen LogP contribution in [-0.2, 0) is 57.3 Å². The molecule has 0 aliphatic carbocycles. The Kier molecular flexibility index (Phi) is 21.9. The van der Waals surface area contributed by atoms with E-state index in [1.54, 1.807) is 0 Å². The Labute approximate surface area is 260 Å². The third kappa shape index (κ3) is 24.9. The van der Waals surface area contributed by atoms with Gasteiger partial charge in [-0.2, -0.15) is 0 Å². The van der Waals surface area contributed by atoms with E-state index in [9.17, 15) is 38.4 Å². The molecular weight excluding hydrogens is 604 g/mol. The monoisotopic (exact) mass is 648 g/mol. The number of carbonyl (C=O) groups is 8. The van der Waals surface area contributed by atoms with Crippen LogP contribution in [0, 0.1) is 5.41 Å². The molecule has 0 atom stereocenters. The lowest BCUT2D eigenvalue weighted by molar-refractivity contribution is -0.171. The lowest BCUT2D eigenvalue weighted by Gasteiger charge is -2.31. The van der Waals surface area contributed by atoms with E-state index < -0.39 is 79.6 Å². The molecule has 0 radical (unpaired) electrons. The van der Waals surface area contributed by atoms with Gasteiger partial charge in [0.2, 0.25) is 0 Å². The summed E-state index contributed by atoms with van der Waals surface area (Å²) in [5.74, 6) is -7.03. The van der Waals surface area contributed by atoms with E-state index in [-0.39, 0.29) is 103 Å². The Balaban J connectivity index is 5.60. The number of aliphatic carboxylic acids is 4. The highest BCUT2D eigenvalue weighted by Gasteiger charge is 2.38. The number of hydrogen-bond acceptors (Lipinski definition) is 12. The third-order valence-corrected chi connectivity index (χ3v) is 6.24. The number of carboxylic acids is 4. The molecule has 0 aliphatic heterocycles. The van der Waals surface area contributed by atoms with Gasteiger partial charge in [0.25, 0.3) is 0 Å². The highest BCUT2D eigenvalue weighted by atomic mass is 16.6. The summed E-state index contributed by atoms with van der Waals surface area (Å²) in [5, 5.41) is 35.0. The van der Waals surface area contributed by atoms with Crippen LogP contribution in [0.4, 0.5) is 0 Å². The molecule has 16 heteroatoms. The number of unbranched alkanes of at least 4 members (excludes halogenated alkanes) is 4. The minimum Gasteiger partial charge on any atom is -0.481 e. The van der Waals surface area contributed by atoms with Crippen molar-refractivity contribution in [3.05, 3.63) is 0 Å². The largest absolute Gasteiger partial charge is 0.481 e. The molecule has 0 aromatic heterocycles. The van der Waals surface area contributed by atoms with Gasteiger partial charge in [0, 0.05) is 51.4 Å². The van der Waals surface area contributed by atoms with Gasteiger partial charge in [-0.3, -0.25) is 38.4 Å². The molecule has 0 aromatic carbocycles. The summed E-state index contributed by atoms with van der Waals surface area (Å²) in [6.45, 7) is -2.13. The van der Waals surface area contributed by atoms with Crippen LogP contribution in [0.2, 0.25) is 0 Å². The molecule has 0 spiro atoms. The summed E-state index contributed by atoms with van der Waals surface area (Å²) in [6.07, 6.45) is 0.548. The third-order valence-electron chi connectivity index (χ3n) is 6.24. The quantitative estimate of drug-likeness (QED) is 0.0540. The molecule has 0 saturated heterocycles. The van der Waals surface area contributed by atoms with Gasteiger partial charge in [0.15, 0.2) is 0 Å². The first kappa shape index (κ1) is 40.8. The van der Waals surface area contributed by atoms with Crippen molar-refractivity contribution in [3.63, 3.8) is 0 Å². The van der Waals surface area contributed by atoms with Crippen LogP contribution in [0.5, 0.6) is 0 Å². The van der Waals surface area contributed by atoms with Crippen LogP contribution in [0.25, 0.3) is 0 Å². The number of ether oxygens (including phenoxy) is 4. The molecule has 0 unspecified atom stereocenters. The minimum absolute atomic E-state index is 0.139. The molecule has 0 heterocycles. The van der Waals surface area contributed by atoms with Gasteiger partial charge < -0.3 is 39.4 Å². The molecule has 0 bridgehead atoms. The van der Waals surface area contributed by atoms with Crippen molar-refractivity contribution >= 4 is 47.8 Å². The SMILES string of the molecule is O=C(O)CCCCC(=O)OCC(COC(=O)CCCCC(=O)O)(COC(=O)CCCCC(=O)O)COC(=O)CCCCC(=O)O. The fourth-order valence-electron chi connectivity index (χ4n) is 3.66. The van der Waals surface area contributed by atoms with Crippen LogP contribution in [0.1, 0.15) is 103 Å². The average Bonchev–Trinajstić information content (AvgIpc) is 2.96. The molecule has 0 saturated carbocycles. The van der Waals surface area contributed by atoms with Crippen molar-refractivity contribution in [2.24, 2.45) is 5.41 Å². The van der Waals surface area contributed by atoms with Crippen molar-refractivity contribution in [2.75, 3.05) is 26.4 Å². The molecule has 0 aliphatic rings. The van der Waals surface area contributed by atoms with E-state index in [1.807, 2.05) is 0 Å². The average molecular weight is 649 g/mol. The standard InChI is InChI=1S/C29H44O16/c30-21(31)9-1-5-13-25(38)42-17-29(18-43-26(39)14-6-2-10-22(32)33,19-44-27(40)15-7-3-11-23(34)35)20-45-28(41)16-8-4-12-24(36)37/h1-20H2,(H,30,31)(H,32,33)(H,34,35)(H,36,37). The molecule has 16 nitrogen and oxygen atoms in total. The van der Waals surface area contributed by atoms with Crippen molar-refractivity contribution in [3.8, 4) is 0 Å². The summed E-state index contributed by atoms with van der Waals surface area (Å²) in [6, 6.07) is 0. The first-order valence-corrected chi connectivity index (χ1v) is 14.7. The van der Waals surface area contributed by atoms with Gasteiger partial charge >= 0.3 is 47.8 Å². The van der Waals surface area contributed by atoms with Crippen molar-refractivity contribution in [2.45, 2.75) is 103 Å². The van der Waals surface area contributed by atoms with E-state index in [4.69, 9.17) is 39.4 Å². The Hall–Kier alpha value is -4.24. The maximum absolute atomic E-state index is 12.4. The fraction of sp³-hybridized carbons (Fsp3) is 0.724. The number of carboxylic acid groups (broad SMARTS) is 4. The van der Waals surface area contributed by atoms with E-state index in [0.29, 0.717) is 0 Å². The first-order chi connectivity index (χ1) is 21.2. The van der Waals surface area contributed by atoms with Gasteiger partial charge in [-0.1, -0.05) is 0 Å². The smallest absolute Gasteiger partial charge is 0.305 e. The van der Waals surface area contributed by atoms with Gasteiger partial charge in [0.05, 0.1) is 0 Å². The van der Waals surface area contributed by atoms with Crippen molar-refractivity contribution < 1.29 is 77.7 Å². The van der Waals surface area contributed by atoms with Gasteiger partial charge in [-0.15, -0.1) is 0 Å². The molecule has 256 valence electrons. The maximum Gasteiger partial charge on any atom is 0.305 e. The zero-order valence-electron chi connectivity index (χ0n) is 25.3. The molecule has 45 heavy (non-hydrogen) atoms. The lowest BCUT2D eigenvalue weighted by atomic mass is 9.92. The summed E-state index contributed by atoms with van der Waals surface area (Å²) in [5.41, 5.74) is -1.57. The number of hydrogen-bond donors (Lipinski definition) is 4. The number of rotatable bonds is 28. The zero-order chi connectivity index (χ0) is 34.1. The summed E-state index contributed by atoms with van der Waals surface area (Å²) < 4.78 is 21.3. The number of esters is 4. The lowest BCUT2D eigenvalue weighted by Crippen LogP contribution is -2.44.